The zero-order valence-corrected chi connectivity index (χ0v) is 11.9. The Morgan fingerprint density at radius 3 is 2.55 bits per heavy atom. The summed E-state index contributed by atoms with van der Waals surface area (Å²) >= 11 is 1.28. The van der Waals surface area contributed by atoms with E-state index in [1.807, 2.05) is 19.9 Å². The summed E-state index contributed by atoms with van der Waals surface area (Å²) in [6.07, 6.45) is 0. The highest BCUT2D eigenvalue weighted by atomic mass is 32.2. The highest BCUT2D eigenvalue weighted by molar-refractivity contribution is 7.98. The fourth-order valence-electron chi connectivity index (χ4n) is 1.76. The molecule has 0 aliphatic rings. The van der Waals surface area contributed by atoms with Gasteiger partial charge in [-0.1, -0.05) is 23.9 Å². The van der Waals surface area contributed by atoms with Gasteiger partial charge in [-0.15, -0.1) is 0 Å². The Labute approximate surface area is 120 Å². The lowest BCUT2D eigenvalue weighted by Gasteiger charge is -2.06. The van der Waals surface area contributed by atoms with Crippen LogP contribution in [0, 0.1) is 19.7 Å². The zero-order chi connectivity index (χ0) is 14.7. The summed E-state index contributed by atoms with van der Waals surface area (Å²) in [4.78, 5) is 19.4. The van der Waals surface area contributed by atoms with Crippen molar-refractivity contribution >= 4 is 17.7 Å². The largest absolute Gasteiger partial charge is 0.478 e. The minimum Gasteiger partial charge on any atom is -0.478 e. The number of aromatic nitrogens is 2. The van der Waals surface area contributed by atoms with Crippen LogP contribution in [0.3, 0.4) is 0 Å². The number of thioether (sulfide) groups is 1. The van der Waals surface area contributed by atoms with E-state index >= 15 is 0 Å². The van der Waals surface area contributed by atoms with Crippen LogP contribution in [0.5, 0.6) is 0 Å². The molecule has 1 N–H and O–H groups in total. The Kier molecular flexibility index (Phi) is 4.34. The predicted molar refractivity (Wildman–Crippen MR) is 74.4 cm³/mol. The van der Waals surface area contributed by atoms with Gasteiger partial charge in [0.2, 0.25) is 0 Å². The van der Waals surface area contributed by atoms with Crippen molar-refractivity contribution in [2.24, 2.45) is 0 Å². The van der Waals surface area contributed by atoms with E-state index in [4.69, 9.17) is 5.11 Å². The summed E-state index contributed by atoms with van der Waals surface area (Å²) in [5.41, 5.74) is 1.71. The Morgan fingerprint density at radius 2 is 1.95 bits per heavy atom. The van der Waals surface area contributed by atoms with E-state index in [-0.39, 0.29) is 11.3 Å². The first-order chi connectivity index (χ1) is 9.47. The number of rotatable bonds is 4. The Bertz CT molecular complexity index is 641. The molecule has 0 spiro atoms. The summed E-state index contributed by atoms with van der Waals surface area (Å²) in [7, 11) is 0. The number of hydrogen-bond donors (Lipinski definition) is 1. The quantitative estimate of drug-likeness (QED) is 0.692. The van der Waals surface area contributed by atoms with Crippen molar-refractivity contribution < 1.29 is 14.3 Å². The van der Waals surface area contributed by atoms with Gasteiger partial charge in [0.1, 0.15) is 5.82 Å². The monoisotopic (exact) mass is 292 g/mol. The first-order valence-electron chi connectivity index (χ1n) is 5.93. The fraction of sp³-hybridized carbons (Fsp3) is 0.214. The molecular formula is C14H13FN2O2S. The first kappa shape index (κ1) is 14.5. The minimum atomic E-state index is -1.27. The van der Waals surface area contributed by atoms with E-state index in [2.05, 4.69) is 9.97 Å². The van der Waals surface area contributed by atoms with E-state index in [0.717, 1.165) is 11.4 Å². The average molecular weight is 292 g/mol. The van der Waals surface area contributed by atoms with Gasteiger partial charge in [0.05, 0.1) is 5.56 Å². The van der Waals surface area contributed by atoms with Gasteiger partial charge in [0, 0.05) is 17.1 Å². The zero-order valence-electron chi connectivity index (χ0n) is 11.1. The summed E-state index contributed by atoms with van der Waals surface area (Å²) < 4.78 is 13.9. The number of nitrogens with zero attached hydrogens (tertiary/aromatic N) is 2. The van der Waals surface area contributed by atoms with Crippen LogP contribution < -0.4 is 0 Å². The van der Waals surface area contributed by atoms with Crippen LogP contribution in [0.15, 0.2) is 29.4 Å². The topological polar surface area (TPSA) is 63.1 Å². The summed E-state index contributed by atoms with van der Waals surface area (Å²) in [6.45, 7) is 3.73. The third kappa shape index (κ3) is 3.33. The van der Waals surface area contributed by atoms with Crippen molar-refractivity contribution in [1.82, 2.24) is 9.97 Å². The van der Waals surface area contributed by atoms with Crippen LogP contribution in [-0.4, -0.2) is 21.0 Å². The van der Waals surface area contributed by atoms with Crippen molar-refractivity contribution in [3.63, 3.8) is 0 Å². The van der Waals surface area contributed by atoms with Crippen LogP contribution in [0.4, 0.5) is 4.39 Å². The Hall–Kier alpha value is -1.95. The summed E-state index contributed by atoms with van der Waals surface area (Å²) in [6, 6.07) is 6.21. The van der Waals surface area contributed by atoms with Gasteiger partial charge >= 0.3 is 5.97 Å². The molecule has 4 nitrogen and oxygen atoms in total. The van der Waals surface area contributed by atoms with E-state index in [9.17, 15) is 9.18 Å². The third-order valence-corrected chi connectivity index (χ3v) is 3.52. The van der Waals surface area contributed by atoms with Gasteiger partial charge in [0.25, 0.3) is 0 Å². The van der Waals surface area contributed by atoms with Crippen LogP contribution in [0.2, 0.25) is 0 Å². The lowest BCUT2D eigenvalue weighted by molar-refractivity contribution is 0.0691. The molecule has 104 valence electrons. The number of carboxylic acid groups (broad SMARTS) is 1. The molecule has 6 heteroatoms. The number of aryl methyl sites for hydroxylation is 2. The smallest absolute Gasteiger partial charge is 0.338 e. The minimum absolute atomic E-state index is 0.288. The van der Waals surface area contributed by atoms with Gasteiger partial charge in [-0.25, -0.2) is 19.2 Å². The highest BCUT2D eigenvalue weighted by Crippen LogP contribution is 2.23. The van der Waals surface area contributed by atoms with Gasteiger partial charge in [-0.2, -0.15) is 0 Å². The molecule has 2 aromatic rings. The number of hydrogen-bond acceptors (Lipinski definition) is 4. The standard InChI is InChI=1S/C14H13FN2O2S/c1-8-6-9(2)17-14(16-8)20-7-10-4-3-5-11(12(10)15)13(18)19/h3-6H,7H2,1-2H3,(H,18,19). The van der Waals surface area contributed by atoms with Gasteiger partial charge in [-0.05, 0) is 31.5 Å². The van der Waals surface area contributed by atoms with Crippen LogP contribution in [0.1, 0.15) is 27.3 Å². The number of halogens is 1. The molecule has 0 aliphatic heterocycles. The van der Waals surface area contributed by atoms with Gasteiger partial charge in [-0.3, -0.25) is 0 Å². The number of carboxylic acids is 1. The predicted octanol–water partition coefficient (Wildman–Crippen LogP) is 3.22. The third-order valence-electron chi connectivity index (χ3n) is 2.63. The van der Waals surface area contributed by atoms with Crippen LogP contribution in [-0.2, 0) is 5.75 Å². The van der Waals surface area contributed by atoms with Crippen molar-refractivity contribution in [1.29, 1.82) is 0 Å². The normalized spacial score (nSPS) is 10.6. The molecule has 0 fully saturated rings. The molecule has 0 radical (unpaired) electrons. The number of benzene rings is 1. The molecule has 0 unspecified atom stereocenters. The molecule has 20 heavy (non-hydrogen) atoms. The van der Waals surface area contributed by atoms with Gasteiger partial charge in [0.15, 0.2) is 5.16 Å². The molecule has 0 bridgehead atoms. The molecule has 0 saturated carbocycles. The van der Waals surface area contributed by atoms with E-state index in [0.29, 0.717) is 10.7 Å². The first-order valence-corrected chi connectivity index (χ1v) is 6.91. The Balaban J connectivity index is 2.19. The second-order valence-corrected chi connectivity index (χ2v) is 5.25. The van der Waals surface area contributed by atoms with Crippen molar-refractivity contribution in [2.45, 2.75) is 24.8 Å². The maximum Gasteiger partial charge on any atom is 0.338 e. The Morgan fingerprint density at radius 1 is 1.30 bits per heavy atom. The highest BCUT2D eigenvalue weighted by Gasteiger charge is 2.14. The summed E-state index contributed by atoms with van der Waals surface area (Å²) in [5, 5.41) is 9.43. The SMILES string of the molecule is Cc1cc(C)nc(SCc2cccc(C(=O)O)c2F)n1. The molecule has 0 amide bonds. The maximum absolute atomic E-state index is 13.9. The van der Waals surface area contributed by atoms with Crippen LogP contribution in [0.25, 0.3) is 0 Å². The average Bonchev–Trinajstić information content (AvgIpc) is 2.36. The van der Waals surface area contributed by atoms with Crippen LogP contribution >= 0.6 is 11.8 Å². The molecule has 2 rings (SSSR count). The second kappa shape index (κ2) is 6.00. The molecule has 0 atom stereocenters. The van der Waals surface area contributed by atoms with E-state index < -0.39 is 11.8 Å². The molecule has 1 aromatic carbocycles. The van der Waals surface area contributed by atoms with E-state index in [1.54, 1.807) is 6.07 Å². The molecule has 1 aromatic heterocycles. The molecule has 0 saturated heterocycles. The number of aromatic carboxylic acids is 1. The van der Waals surface area contributed by atoms with Crippen molar-refractivity contribution in [3.8, 4) is 0 Å². The van der Waals surface area contributed by atoms with Crippen molar-refractivity contribution in [3.05, 3.63) is 52.6 Å². The molecular weight excluding hydrogens is 279 g/mol. The van der Waals surface area contributed by atoms with E-state index in [1.165, 1.54) is 23.9 Å². The molecule has 1 heterocycles. The molecule has 0 aliphatic carbocycles. The fourth-order valence-corrected chi connectivity index (χ4v) is 2.68. The maximum atomic E-state index is 13.9. The second-order valence-electron chi connectivity index (χ2n) is 4.31. The van der Waals surface area contributed by atoms with Gasteiger partial charge < -0.3 is 5.11 Å². The summed E-state index contributed by atoms with van der Waals surface area (Å²) in [5.74, 6) is -1.68. The lowest BCUT2D eigenvalue weighted by atomic mass is 10.1. The lowest BCUT2D eigenvalue weighted by Crippen LogP contribution is -2.03. The van der Waals surface area contributed by atoms with Crippen molar-refractivity contribution in [2.75, 3.05) is 0 Å². The number of carbonyl (C=O) groups is 1.